The van der Waals surface area contributed by atoms with Crippen molar-refractivity contribution in [2.45, 2.75) is 67.2 Å². The molecule has 1 unspecified atom stereocenters. The van der Waals surface area contributed by atoms with Gasteiger partial charge in [0.25, 0.3) is 0 Å². The number of aryl methyl sites for hydroxylation is 1. The number of nitrogen functional groups attached to an aromatic ring is 1. The van der Waals surface area contributed by atoms with Gasteiger partial charge >= 0.3 is 0 Å². The molecule has 0 bridgehead atoms. The molecule has 0 aliphatic carbocycles. The summed E-state index contributed by atoms with van der Waals surface area (Å²) in [5, 5.41) is 0. The summed E-state index contributed by atoms with van der Waals surface area (Å²) in [5.74, 6) is 0. The fourth-order valence-electron chi connectivity index (χ4n) is 2.99. The van der Waals surface area contributed by atoms with Crippen LogP contribution in [0.2, 0.25) is 0 Å². The van der Waals surface area contributed by atoms with Crippen molar-refractivity contribution < 1.29 is 0 Å². The van der Waals surface area contributed by atoms with Gasteiger partial charge in [0.15, 0.2) is 0 Å². The van der Waals surface area contributed by atoms with Crippen molar-refractivity contribution in [2.75, 3.05) is 5.73 Å². The third-order valence-corrected chi connectivity index (χ3v) is 4.86. The van der Waals surface area contributed by atoms with E-state index in [1.165, 1.54) is 27.8 Å². The molecule has 0 aliphatic heterocycles. The maximum atomic E-state index is 6.32. The Kier molecular flexibility index (Phi) is 6.47. The van der Waals surface area contributed by atoms with Crippen LogP contribution in [0.25, 0.3) is 0 Å². The van der Waals surface area contributed by atoms with Crippen LogP contribution in [0.4, 0.5) is 5.69 Å². The van der Waals surface area contributed by atoms with E-state index in [9.17, 15) is 0 Å². The largest absolute Gasteiger partial charge is 0.398 e. The Bertz CT molecular complexity index is 562. The van der Waals surface area contributed by atoms with Gasteiger partial charge in [-0.1, -0.05) is 37.6 Å². The molecule has 0 aliphatic rings. The van der Waals surface area contributed by atoms with Crippen LogP contribution in [0.5, 0.6) is 0 Å². The summed E-state index contributed by atoms with van der Waals surface area (Å²) in [4.78, 5) is 0. The summed E-state index contributed by atoms with van der Waals surface area (Å²) in [5.41, 5.74) is 14.0. The van der Waals surface area contributed by atoms with Gasteiger partial charge in [0.05, 0.1) is 0 Å². The lowest BCUT2D eigenvalue weighted by Gasteiger charge is -2.27. The second kappa shape index (κ2) is 7.67. The van der Waals surface area contributed by atoms with Gasteiger partial charge in [0.2, 0.25) is 0 Å². The Morgan fingerprint density at radius 3 is 2.32 bits per heavy atom. The van der Waals surface area contributed by atoms with Crippen molar-refractivity contribution in [3.63, 3.8) is 0 Å². The second-order valence-electron chi connectivity index (χ2n) is 7.07. The highest BCUT2D eigenvalue weighted by Gasteiger charge is 2.22. The average Bonchev–Trinajstić information content (AvgIpc) is 2.47. The Morgan fingerprint density at radius 1 is 1.23 bits per heavy atom. The molecule has 0 saturated carbocycles. The molecule has 1 atom stereocenters. The van der Waals surface area contributed by atoms with E-state index in [0.29, 0.717) is 0 Å². The number of allylic oxidation sites excluding steroid dienone is 3. The van der Waals surface area contributed by atoms with Crippen LogP contribution in [-0.2, 0) is 12.8 Å². The lowest BCUT2D eigenvalue weighted by atomic mass is 9.77. The van der Waals surface area contributed by atoms with Gasteiger partial charge in [0.1, 0.15) is 0 Å². The highest BCUT2D eigenvalue weighted by molar-refractivity contribution is 5.59. The zero-order valence-electron chi connectivity index (χ0n) is 15.3. The molecule has 0 fully saturated rings. The number of nitrogens with two attached hydrogens (primary N) is 1. The van der Waals surface area contributed by atoms with Crippen molar-refractivity contribution in [1.29, 1.82) is 0 Å². The lowest BCUT2D eigenvalue weighted by Crippen LogP contribution is -2.18. The zero-order valence-corrected chi connectivity index (χ0v) is 15.3. The van der Waals surface area contributed by atoms with Crippen LogP contribution in [0.3, 0.4) is 0 Å². The predicted octanol–water partition coefficient (Wildman–Crippen LogP) is 5.93. The first kappa shape index (κ1) is 18.5. The molecular formula is C21H33N. The number of anilines is 1. The monoisotopic (exact) mass is 299 g/mol. The first-order chi connectivity index (χ1) is 10.2. The van der Waals surface area contributed by atoms with Gasteiger partial charge < -0.3 is 5.73 Å². The third-order valence-electron chi connectivity index (χ3n) is 4.86. The van der Waals surface area contributed by atoms with E-state index >= 15 is 0 Å². The molecule has 1 heteroatoms. The van der Waals surface area contributed by atoms with Crippen molar-refractivity contribution >= 4 is 5.69 Å². The maximum Gasteiger partial charge on any atom is 0.0378 e. The van der Waals surface area contributed by atoms with E-state index < -0.39 is 0 Å². The Hall–Kier alpha value is -1.50. The predicted molar refractivity (Wildman–Crippen MR) is 100 cm³/mol. The first-order valence-corrected chi connectivity index (χ1v) is 8.38. The van der Waals surface area contributed by atoms with Crippen LogP contribution in [-0.4, -0.2) is 0 Å². The fraction of sp³-hybridized carbons (Fsp3) is 0.524. The number of hydrogen-bond donors (Lipinski definition) is 1. The van der Waals surface area contributed by atoms with Crippen LogP contribution < -0.4 is 5.73 Å². The molecule has 1 rings (SSSR count). The van der Waals surface area contributed by atoms with Crippen molar-refractivity contribution in [3.8, 4) is 0 Å². The first-order valence-electron chi connectivity index (χ1n) is 8.38. The molecule has 0 spiro atoms. The molecule has 0 heterocycles. The van der Waals surface area contributed by atoms with Crippen molar-refractivity contribution in [1.82, 2.24) is 0 Å². The maximum absolute atomic E-state index is 6.32. The van der Waals surface area contributed by atoms with Gasteiger partial charge in [-0.15, -0.1) is 6.58 Å². The molecule has 1 aromatic carbocycles. The average molecular weight is 300 g/mol. The highest BCUT2D eigenvalue weighted by Crippen LogP contribution is 2.34. The van der Waals surface area contributed by atoms with Gasteiger partial charge in [-0.05, 0) is 81.0 Å². The zero-order chi connectivity index (χ0) is 16.9. The molecule has 1 aromatic rings. The number of rotatable bonds is 7. The normalized spacial score (nSPS) is 13.5. The molecule has 2 N–H and O–H groups in total. The van der Waals surface area contributed by atoms with Gasteiger partial charge in [0, 0.05) is 5.69 Å². The molecule has 0 amide bonds. The minimum Gasteiger partial charge on any atom is -0.398 e. The highest BCUT2D eigenvalue weighted by atomic mass is 14.6. The summed E-state index contributed by atoms with van der Waals surface area (Å²) in [6.07, 6.45) is 8.70. The SMILES string of the molecule is C=CC(C)(CCC=C(C)C)Cc1cc(CC)c(C)c(N)c1C. The summed E-state index contributed by atoms with van der Waals surface area (Å²) in [6, 6.07) is 2.35. The van der Waals surface area contributed by atoms with Crippen LogP contribution in [0.15, 0.2) is 30.4 Å². The van der Waals surface area contributed by atoms with E-state index in [0.717, 1.165) is 31.4 Å². The van der Waals surface area contributed by atoms with Crippen LogP contribution >= 0.6 is 0 Å². The van der Waals surface area contributed by atoms with E-state index in [4.69, 9.17) is 5.73 Å². The van der Waals surface area contributed by atoms with E-state index in [-0.39, 0.29) is 5.41 Å². The molecule has 122 valence electrons. The number of benzene rings is 1. The Morgan fingerprint density at radius 2 is 1.82 bits per heavy atom. The molecule has 22 heavy (non-hydrogen) atoms. The van der Waals surface area contributed by atoms with Crippen molar-refractivity contribution in [2.24, 2.45) is 5.41 Å². The van der Waals surface area contributed by atoms with Gasteiger partial charge in [-0.3, -0.25) is 0 Å². The Labute approximate surface area is 137 Å². The minimum atomic E-state index is 0.115. The summed E-state index contributed by atoms with van der Waals surface area (Å²) >= 11 is 0. The lowest BCUT2D eigenvalue weighted by molar-refractivity contribution is 0.392. The molecule has 0 saturated heterocycles. The third kappa shape index (κ3) is 4.50. The summed E-state index contributed by atoms with van der Waals surface area (Å²) in [6.45, 7) is 17.2. The second-order valence-corrected chi connectivity index (χ2v) is 7.07. The minimum absolute atomic E-state index is 0.115. The number of hydrogen-bond acceptors (Lipinski definition) is 1. The van der Waals surface area contributed by atoms with Gasteiger partial charge in [-0.2, -0.15) is 0 Å². The van der Waals surface area contributed by atoms with E-state index in [1.54, 1.807) is 0 Å². The fourth-order valence-corrected chi connectivity index (χ4v) is 2.99. The molecule has 0 aromatic heterocycles. The summed E-state index contributed by atoms with van der Waals surface area (Å²) < 4.78 is 0. The topological polar surface area (TPSA) is 26.0 Å². The molecule has 0 radical (unpaired) electrons. The van der Waals surface area contributed by atoms with Crippen LogP contribution in [0, 0.1) is 19.3 Å². The molecular weight excluding hydrogens is 266 g/mol. The van der Waals surface area contributed by atoms with E-state index in [2.05, 4.69) is 66.3 Å². The molecule has 1 nitrogen and oxygen atoms in total. The summed E-state index contributed by atoms with van der Waals surface area (Å²) in [7, 11) is 0. The standard InChI is InChI=1S/C21H33N/c1-8-18-13-19(17(6)20(22)16(18)5)14-21(7,9-2)12-10-11-15(3)4/h9,11,13H,2,8,10,12,14,22H2,1,3-7H3. The quantitative estimate of drug-likeness (QED) is 0.490. The van der Waals surface area contributed by atoms with Crippen LogP contribution in [0.1, 0.15) is 62.8 Å². The van der Waals surface area contributed by atoms with Gasteiger partial charge in [-0.25, -0.2) is 0 Å². The van der Waals surface area contributed by atoms with E-state index in [1.807, 2.05) is 0 Å². The Balaban J connectivity index is 3.07. The smallest absolute Gasteiger partial charge is 0.0378 e. The van der Waals surface area contributed by atoms with Crippen molar-refractivity contribution in [3.05, 3.63) is 52.6 Å².